The molecular formula is C28H35N7O3. The first-order chi connectivity index (χ1) is 18.6. The summed E-state index contributed by atoms with van der Waals surface area (Å²) < 4.78 is 13.4. The molecule has 2 N–H and O–H groups in total. The number of anilines is 1. The standard InChI is InChI=1S/C28H35N7O3/c1-29-15-21(36)18-38-23-12-19(11-22(13-23)37-3)28-32-24(25-16-31-27-17-30-9-10-35(25)27)14-26(33-28)34(2)20-7-5-4-6-8-20/h9-14,16-17,20-21,29,36H,4-8,15,18H2,1-3H3. The molecular weight excluding hydrogens is 482 g/mol. The Kier molecular flexibility index (Phi) is 8.00. The van der Waals surface area contributed by atoms with Gasteiger partial charge in [0.25, 0.3) is 0 Å². The van der Waals surface area contributed by atoms with Crippen LogP contribution in [0.3, 0.4) is 0 Å². The highest BCUT2D eigenvalue weighted by atomic mass is 16.5. The Morgan fingerprint density at radius 3 is 2.71 bits per heavy atom. The van der Waals surface area contributed by atoms with Crippen molar-refractivity contribution in [3.63, 3.8) is 0 Å². The van der Waals surface area contributed by atoms with Crippen LogP contribution in [0.2, 0.25) is 0 Å². The zero-order valence-corrected chi connectivity index (χ0v) is 22.2. The van der Waals surface area contributed by atoms with Crippen molar-refractivity contribution >= 4 is 11.5 Å². The fourth-order valence-electron chi connectivity index (χ4n) is 4.95. The minimum atomic E-state index is -0.630. The van der Waals surface area contributed by atoms with Crippen LogP contribution in [0.1, 0.15) is 32.1 Å². The number of benzene rings is 1. The van der Waals surface area contributed by atoms with Gasteiger partial charge < -0.3 is 24.8 Å². The maximum Gasteiger partial charge on any atom is 0.162 e. The van der Waals surface area contributed by atoms with Gasteiger partial charge in [0.15, 0.2) is 11.5 Å². The van der Waals surface area contributed by atoms with E-state index in [-0.39, 0.29) is 6.61 Å². The minimum Gasteiger partial charge on any atom is -0.497 e. The van der Waals surface area contributed by atoms with Gasteiger partial charge >= 0.3 is 0 Å². The van der Waals surface area contributed by atoms with Gasteiger partial charge in [0.1, 0.15) is 30.0 Å². The van der Waals surface area contributed by atoms with E-state index in [1.54, 1.807) is 32.6 Å². The molecule has 200 valence electrons. The molecule has 0 saturated heterocycles. The summed E-state index contributed by atoms with van der Waals surface area (Å²) in [6.07, 6.45) is 12.6. The third-order valence-corrected chi connectivity index (χ3v) is 7.03. The maximum absolute atomic E-state index is 10.1. The van der Waals surface area contributed by atoms with E-state index >= 15 is 0 Å². The van der Waals surface area contributed by atoms with Gasteiger partial charge in [-0.25, -0.2) is 15.0 Å². The summed E-state index contributed by atoms with van der Waals surface area (Å²) in [6, 6.07) is 8.05. The van der Waals surface area contributed by atoms with Gasteiger partial charge in [-0.3, -0.25) is 9.38 Å². The molecule has 1 aliphatic rings. The normalized spacial score (nSPS) is 14.9. The molecule has 1 saturated carbocycles. The first kappa shape index (κ1) is 25.9. The van der Waals surface area contributed by atoms with Gasteiger partial charge in [-0.15, -0.1) is 0 Å². The van der Waals surface area contributed by atoms with Crippen LogP contribution in [-0.2, 0) is 0 Å². The predicted octanol–water partition coefficient (Wildman–Crippen LogP) is 3.59. The Morgan fingerprint density at radius 2 is 1.92 bits per heavy atom. The van der Waals surface area contributed by atoms with Crippen molar-refractivity contribution in [3.8, 4) is 34.3 Å². The summed E-state index contributed by atoms with van der Waals surface area (Å²) in [5.41, 5.74) is 3.14. The van der Waals surface area contributed by atoms with E-state index in [9.17, 15) is 5.11 Å². The number of nitrogens with zero attached hydrogens (tertiary/aromatic N) is 6. The second-order valence-electron chi connectivity index (χ2n) is 9.71. The molecule has 1 aromatic carbocycles. The van der Waals surface area contributed by atoms with Crippen molar-refractivity contribution in [2.45, 2.75) is 44.2 Å². The van der Waals surface area contributed by atoms with Crippen LogP contribution in [-0.4, -0.2) is 75.9 Å². The number of likely N-dealkylation sites (N-methyl/N-ethyl adjacent to an activating group) is 1. The molecule has 1 atom stereocenters. The highest BCUT2D eigenvalue weighted by molar-refractivity contribution is 5.69. The number of aromatic nitrogens is 5. The van der Waals surface area contributed by atoms with E-state index in [0.29, 0.717) is 29.9 Å². The summed E-state index contributed by atoms with van der Waals surface area (Å²) in [4.78, 5) is 21.0. The van der Waals surface area contributed by atoms with Crippen LogP contribution in [0.25, 0.3) is 28.4 Å². The maximum atomic E-state index is 10.1. The van der Waals surface area contributed by atoms with Gasteiger partial charge in [0.05, 0.1) is 30.9 Å². The monoisotopic (exact) mass is 517 g/mol. The van der Waals surface area contributed by atoms with Crippen LogP contribution in [0.5, 0.6) is 11.5 Å². The van der Waals surface area contributed by atoms with E-state index in [4.69, 9.17) is 19.4 Å². The van der Waals surface area contributed by atoms with Crippen molar-refractivity contribution < 1.29 is 14.6 Å². The summed E-state index contributed by atoms with van der Waals surface area (Å²) in [5, 5.41) is 13.1. The number of ether oxygens (including phenoxy) is 2. The molecule has 0 radical (unpaired) electrons. The molecule has 3 aromatic heterocycles. The quantitative estimate of drug-likeness (QED) is 0.326. The number of nitrogens with one attached hydrogen (secondary N) is 1. The highest BCUT2D eigenvalue weighted by Crippen LogP contribution is 2.33. The van der Waals surface area contributed by atoms with Crippen molar-refractivity contribution in [3.05, 3.63) is 49.1 Å². The van der Waals surface area contributed by atoms with Crippen LogP contribution in [0.4, 0.5) is 5.82 Å². The van der Waals surface area contributed by atoms with Crippen LogP contribution in [0, 0.1) is 0 Å². The van der Waals surface area contributed by atoms with E-state index in [0.717, 1.165) is 41.3 Å². The zero-order valence-electron chi connectivity index (χ0n) is 22.2. The average molecular weight is 518 g/mol. The summed E-state index contributed by atoms with van der Waals surface area (Å²) in [6.45, 7) is 0.591. The molecule has 38 heavy (non-hydrogen) atoms. The average Bonchev–Trinajstić information content (AvgIpc) is 3.40. The third-order valence-electron chi connectivity index (χ3n) is 7.03. The zero-order chi connectivity index (χ0) is 26.5. The number of fused-ring (bicyclic) bond motifs is 1. The number of hydrogen-bond donors (Lipinski definition) is 2. The minimum absolute atomic E-state index is 0.153. The van der Waals surface area contributed by atoms with Gasteiger partial charge in [0.2, 0.25) is 0 Å². The number of hydrogen-bond acceptors (Lipinski definition) is 9. The summed E-state index contributed by atoms with van der Waals surface area (Å²) in [7, 11) is 5.53. The summed E-state index contributed by atoms with van der Waals surface area (Å²) >= 11 is 0. The van der Waals surface area contributed by atoms with Gasteiger partial charge in [-0.1, -0.05) is 19.3 Å². The highest BCUT2D eigenvalue weighted by Gasteiger charge is 2.22. The predicted molar refractivity (Wildman–Crippen MR) is 147 cm³/mol. The lowest BCUT2D eigenvalue weighted by atomic mass is 9.94. The summed E-state index contributed by atoms with van der Waals surface area (Å²) in [5.74, 6) is 2.61. The van der Waals surface area contributed by atoms with Crippen molar-refractivity contribution in [2.75, 3.05) is 39.3 Å². The Labute approximate surface area is 222 Å². The van der Waals surface area contributed by atoms with Gasteiger partial charge in [-0.2, -0.15) is 0 Å². The molecule has 0 spiro atoms. The third kappa shape index (κ3) is 5.71. The Bertz CT molecular complexity index is 1370. The Hall–Kier alpha value is -3.76. The van der Waals surface area contributed by atoms with Crippen molar-refractivity contribution in [1.29, 1.82) is 0 Å². The molecule has 3 heterocycles. The number of rotatable bonds is 10. The molecule has 0 amide bonds. The molecule has 0 bridgehead atoms. The molecule has 1 unspecified atom stereocenters. The number of aliphatic hydroxyl groups excluding tert-OH is 1. The van der Waals surface area contributed by atoms with E-state index in [1.807, 2.05) is 35.0 Å². The molecule has 10 nitrogen and oxygen atoms in total. The van der Waals surface area contributed by atoms with E-state index in [2.05, 4.69) is 27.2 Å². The molecule has 4 aromatic rings. The molecule has 5 rings (SSSR count). The van der Waals surface area contributed by atoms with Crippen molar-refractivity contribution in [2.24, 2.45) is 0 Å². The van der Waals surface area contributed by atoms with Crippen LogP contribution in [0.15, 0.2) is 49.1 Å². The lowest BCUT2D eigenvalue weighted by molar-refractivity contribution is 0.108. The topological polar surface area (TPSA) is 110 Å². The molecule has 10 heteroatoms. The van der Waals surface area contributed by atoms with E-state index in [1.165, 1.54) is 19.3 Å². The van der Waals surface area contributed by atoms with Gasteiger partial charge in [-0.05, 0) is 32.0 Å². The van der Waals surface area contributed by atoms with Crippen molar-refractivity contribution in [1.82, 2.24) is 29.7 Å². The molecule has 1 aliphatic carbocycles. The molecule has 0 aliphatic heterocycles. The van der Waals surface area contributed by atoms with E-state index < -0.39 is 6.10 Å². The lowest BCUT2D eigenvalue weighted by Gasteiger charge is -2.32. The first-order valence-electron chi connectivity index (χ1n) is 13.1. The fourth-order valence-corrected chi connectivity index (χ4v) is 4.95. The first-order valence-corrected chi connectivity index (χ1v) is 13.1. The Balaban J connectivity index is 1.58. The molecule has 1 fully saturated rings. The Morgan fingerprint density at radius 1 is 1.11 bits per heavy atom. The van der Waals surface area contributed by atoms with Gasteiger partial charge in [0, 0.05) is 49.7 Å². The number of aliphatic hydroxyl groups is 1. The smallest absolute Gasteiger partial charge is 0.162 e. The lowest BCUT2D eigenvalue weighted by Crippen LogP contribution is -2.34. The fraction of sp³-hybridized carbons (Fsp3) is 0.429. The van der Waals surface area contributed by atoms with Crippen LogP contribution < -0.4 is 19.7 Å². The largest absolute Gasteiger partial charge is 0.497 e. The second-order valence-corrected chi connectivity index (χ2v) is 9.71. The SMILES string of the molecule is CNCC(O)COc1cc(OC)cc(-c2nc(-c3cnc4cnccn34)cc(N(C)C3CCCCC3)n2)c1. The van der Waals surface area contributed by atoms with Crippen LogP contribution >= 0.6 is 0 Å². The second kappa shape index (κ2) is 11.7. The number of imidazole rings is 1. The number of methoxy groups -OCH3 is 1.